The van der Waals surface area contributed by atoms with Gasteiger partial charge in [0.25, 0.3) is 0 Å². The van der Waals surface area contributed by atoms with E-state index in [4.69, 9.17) is 11.3 Å². The highest BCUT2D eigenvalue weighted by atomic mass is 19.1. The normalized spacial score (nSPS) is 17.3. The number of H-pyrrole nitrogens is 1. The molecule has 2 aliphatic heterocycles. The third kappa shape index (κ3) is 3.99. The number of ether oxygens (including phenoxy) is 1. The Labute approximate surface area is 213 Å². The fourth-order valence-electron chi connectivity index (χ4n) is 5.37. The number of pyridine rings is 1. The van der Waals surface area contributed by atoms with Crippen LogP contribution in [0, 0.1) is 18.2 Å². The van der Waals surface area contributed by atoms with Crippen LogP contribution in [0.3, 0.4) is 0 Å². The van der Waals surface area contributed by atoms with E-state index in [1.165, 1.54) is 12.1 Å². The number of nitrogens with zero attached hydrogens (tertiary/aromatic N) is 4. The van der Waals surface area contributed by atoms with Crippen LogP contribution in [0.4, 0.5) is 20.2 Å². The van der Waals surface area contributed by atoms with Gasteiger partial charge < -0.3 is 24.8 Å². The summed E-state index contributed by atoms with van der Waals surface area (Å²) in [4.78, 5) is 16.0. The lowest BCUT2D eigenvalue weighted by Crippen LogP contribution is -2.56. The molecule has 4 heterocycles. The lowest BCUT2D eigenvalue weighted by atomic mass is 10.0. The second-order valence-corrected chi connectivity index (χ2v) is 9.63. The van der Waals surface area contributed by atoms with E-state index >= 15 is 8.78 Å². The highest BCUT2D eigenvalue weighted by molar-refractivity contribution is 5.97. The van der Waals surface area contributed by atoms with Crippen molar-refractivity contribution in [2.45, 2.75) is 12.6 Å². The summed E-state index contributed by atoms with van der Waals surface area (Å²) in [5, 5.41) is 2.89. The molecule has 7 nitrogen and oxygen atoms in total. The van der Waals surface area contributed by atoms with Crippen LogP contribution in [-0.4, -0.2) is 61.2 Å². The van der Waals surface area contributed by atoms with Crippen molar-refractivity contribution in [3.63, 3.8) is 0 Å². The Balaban J connectivity index is 1.44. The predicted octanol–water partition coefficient (Wildman–Crippen LogP) is 4.96. The molecule has 188 valence electrons. The van der Waals surface area contributed by atoms with Crippen molar-refractivity contribution < 1.29 is 13.5 Å². The smallest absolute Gasteiger partial charge is 0.215 e. The van der Waals surface area contributed by atoms with Gasteiger partial charge in [0.2, 0.25) is 5.69 Å². The number of rotatable bonds is 4. The predicted molar refractivity (Wildman–Crippen MR) is 140 cm³/mol. The largest absolute Gasteiger partial charge is 0.489 e. The molecule has 6 rings (SSSR count). The van der Waals surface area contributed by atoms with Crippen LogP contribution in [0.5, 0.6) is 5.75 Å². The Morgan fingerprint density at radius 3 is 2.76 bits per heavy atom. The van der Waals surface area contributed by atoms with Gasteiger partial charge >= 0.3 is 0 Å². The fourth-order valence-corrected chi connectivity index (χ4v) is 5.37. The number of likely N-dealkylation sites (N-methyl/N-ethyl adjacent to an activating group) is 1. The molecule has 2 aliphatic rings. The summed E-state index contributed by atoms with van der Waals surface area (Å²) >= 11 is 0. The maximum atomic E-state index is 15.1. The second kappa shape index (κ2) is 9.14. The second-order valence-electron chi connectivity index (χ2n) is 9.63. The molecule has 0 aliphatic carbocycles. The number of hydrogen-bond donors (Lipinski definition) is 2. The Hall–Kier alpha value is -4.00. The number of piperazine rings is 1. The molecular weight excluding hydrogens is 474 g/mol. The highest BCUT2D eigenvalue weighted by Gasteiger charge is 2.32. The monoisotopic (exact) mass is 500 g/mol. The Bertz CT molecular complexity index is 1540. The van der Waals surface area contributed by atoms with Gasteiger partial charge in [0.15, 0.2) is 0 Å². The van der Waals surface area contributed by atoms with Crippen molar-refractivity contribution in [2.24, 2.45) is 0 Å². The van der Waals surface area contributed by atoms with Crippen molar-refractivity contribution in [3.8, 4) is 28.1 Å². The van der Waals surface area contributed by atoms with Crippen molar-refractivity contribution in [2.75, 3.05) is 45.2 Å². The number of aromatic nitrogens is 2. The van der Waals surface area contributed by atoms with Gasteiger partial charge in [-0.1, -0.05) is 6.07 Å². The molecule has 0 amide bonds. The van der Waals surface area contributed by atoms with E-state index in [-0.39, 0.29) is 16.9 Å². The molecule has 2 aromatic heterocycles. The quantitative estimate of drug-likeness (QED) is 0.388. The van der Waals surface area contributed by atoms with E-state index in [0.717, 1.165) is 42.2 Å². The van der Waals surface area contributed by atoms with E-state index < -0.39 is 11.6 Å². The molecule has 2 aromatic carbocycles. The van der Waals surface area contributed by atoms with Gasteiger partial charge in [0.05, 0.1) is 40.6 Å². The zero-order valence-corrected chi connectivity index (χ0v) is 20.6. The van der Waals surface area contributed by atoms with E-state index in [1.807, 2.05) is 12.1 Å². The summed E-state index contributed by atoms with van der Waals surface area (Å²) < 4.78 is 36.3. The van der Waals surface area contributed by atoms with E-state index in [1.54, 1.807) is 19.3 Å². The van der Waals surface area contributed by atoms with Crippen molar-refractivity contribution in [3.05, 3.63) is 71.2 Å². The van der Waals surface area contributed by atoms with Crippen LogP contribution < -0.4 is 15.0 Å². The van der Waals surface area contributed by atoms with Gasteiger partial charge in [0, 0.05) is 37.9 Å². The van der Waals surface area contributed by atoms with Crippen molar-refractivity contribution in [1.29, 1.82) is 0 Å². The summed E-state index contributed by atoms with van der Waals surface area (Å²) in [6.45, 7) is 11.5. The summed E-state index contributed by atoms with van der Waals surface area (Å²) in [6.07, 6.45) is 1.81. The average Bonchev–Trinajstić information content (AvgIpc) is 3.30. The lowest BCUT2D eigenvalue weighted by Gasteiger charge is -2.44. The van der Waals surface area contributed by atoms with Crippen LogP contribution in [0.15, 0.2) is 42.6 Å². The molecule has 0 radical (unpaired) electrons. The Morgan fingerprint density at radius 2 is 2.00 bits per heavy atom. The van der Waals surface area contributed by atoms with Gasteiger partial charge in [-0.25, -0.2) is 13.6 Å². The zero-order valence-electron chi connectivity index (χ0n) is 20.6. The third-order valence-corrected chi connectivity index (χ3v) is 7.17. The summed E-state index contributed by atoms with van der Waals surface area (Å²) in [6, 6.07) is 10.5. The van der Waals surface area contributed by atoms with E-state index in [0.29, 0.717) is 35.8 Å². The van der Waals surface area contributed by atoms with Crippen LogP contribution in [0.25, 0.3) is 38.3 Å². The first kappa shape index (κ1) is 23.4. The van der Waals surface area contributed by atoms with Gasteiger partial charge in [-0.2, -0.15) is 0 Å². The standard InChI is InChI=1S/C28H26F2N6O/c1-31-12-16-8-20(29)26(21(30)9-16)28-22(32-2)11-23-27(34-28)19(13-33-23)17-4-5-24-25(10-17)37-15-18-14-35(3)6-7-36(18)24/h4-5,8-11,13,18,31,33H,6-7,12,14-15H2,1,3H3. The topological polar surface area (TPSA) is 60.8 Å². The molecule has 37 heavy (non-hydrogen) atoms. The first-order chi connectivity index (χ1) is 18.0. The molecule has 1 fully saturated rings. The number of fused-ring (bicyclic) bond motifs is 4. The molecule has 1 atom stereocenters. The maximum absolute atomic E-state index is 15.1. The molecule has 0 spiro atoms. The average molecular weight is 501 g/mol. The SMILES string of the molecule is [C-]#[N+]c1cc2[nH]cc(-c3ccc4c(c3)OCC3CN(C)CCN43)c2nc1-c1c(F)cc(CNC)cc1F. The van der Waals surface area contributed by atoms with Gasteiger partial charge in [0.1, 0.15) is 24.0 Å². The molecule has 1 unspecified atom stereocenters. The Kier molecular flexibility index (Phi) is 5.78. The van der Waals surface area contributed by atoms with Crippen LogP contribution in [0.2, 0.25) is 0 Å². The Morgan fingerprint density at radius 1 is 1.19 bits per heavy atom. The minimum atomic E-state index is -0.747. The highest BCUT2D eigenvalue weighted by Crippen LogP contribution is 2.41. The number of hydrogen-bond acceptors (Lipinski definition) is 5. The van der Waals surface area contributed by atoms with E-state index in [9.17, 15) is 0 Å². The molecule has 0 bridgehead atoms. The number of nitrogens with one attached hydrogen (secondary N) is 2. The molecule has 0 saturated carbocycles. The van der Waals surface area contributed by atoms with E-state index in [2.05, 4.69) is 43.0 Å². The minimum Gasteiger partial charge on any atom is -0.489 e. The number of anilines is 1. The maximum Gasteiger partial charge on any atom is 0.215 e. The van der Waals surface area contributed by atoms with Crippen molar-refractivity contribution >= 4 is 22.4 Å². The van der Waals surface area contributed by atoms with Crippen LogP contribution in [0.1, 0.15) is 5.56 Å². The molecule has 2 N–H and O–H groups in total. The zero-order chi connectivity index (χ0) is 25.7. The van der Waals surface area contributed by atoms with Gasteiger partial charge in [-0.3, -0.25) is 4.98 Å². The third-order valence-electron chi connectivity index (χ3n) is 7.17. The summed E-state index contributed by atoms with van der Waals surface area (Å²) in [5.41, 5.74) is 4.12. The van der Waals surface area contributed by atoms with Crippen molar-refractivity contribution in [1.82, 2.24) is 20.2 Å². The summed E-state index contributed by atoms with van der Waals surface area (Å²) in [7, 11) is 3.83. The minimum absolute atomic E-state index is 0.0103. The number of halogens is 2. The number of aromatic amines is 1. The molecule has 4 aromatic rings. The number of benzene rings is 2. The molecular formula is C28H26F2N6O. The van der Waals surface area contributed by atoms with Crippen LogP contribution >= 0.6 is 0 Å². The molecule has 1 saturated heterocycles. The van der Waals surface area contributed by atoms with Crippen LogP contribution in [-0.2, 0) is 6.54 Å². The van der Waals surface area contributed by atoms with Gasteiger partial charge in [-0.15, -0.1) is 0 Å². The first-order valence-electron chi connectivity index (χ1n) is 12.2. The first-order valence-corrected chi connectivity index (χ1v) is 12.2. The molecule has 9 heteroatoms. The van der Waals surface area contributed by atoms with Gasteiger partial charge in [-0.05, 0) is 55.6 Å². The fraction of sp³-hybridized carbons (Fsp3) is 0.286. The summed E-state index contributed by atoms with van der Waals surface area (Å²) in [5.74, 6) is -0.686. The lowest BCUT2D eigenvalue weighted by molar-refractivity contribution is 0.188.